The van der Waals surface area contributed by atoms with Crippen molar-refractivity contribution in [2.24, 2.45) is 0 Å². The molecule has 0 aliphatic rings. The quantitative estimate of drug-likeness (QED) is 0.183. The summed E-state index contributed by atoms with van der Waals surface area (Å²) in [5.41, 5.74) is 6.52. The molecule has 0 aliphatic heterocycles. The van der Waals surface area contributed by atoms with Crippen molar-refractivity contribution in [1.29, 1.82) is 0 Å². The third-order valence-electron chi connectivity index (χ3n) is 4.39. The standard InChI is InChI=1S/C12H10Si.C9H7.C6H13NO.2ClH.Zr/c1-3-7-11(8-4-1)13-12-9-5-2-6-10-12;1-2-5-9-7-3-6-8(9)4-1;1-2-3-4-5-6(7)8;;;/h1-10H;1-7H;2-5H2,1H3,(H2,7,8);2*1H;/q;-1;;;;+4/p-3. The van der Waals surface area contributed by atoms with Crippen molar-refractivity contribution in [3.05, 3.63) is 109 Å². The Hall–Kier alpha value is -1.58. The van der Waals surface area contributed by atoms with E-state index in [-0.39, 0.29) is 51.0 Å². The van der Waals surface area contributed by atoms with E-state index in [2.05, 4.69) is 110 Å². The summed E-state index contributed by atoms with van der Waals surface area (Å²) in [6, 6.07) is 35.8. The minimum Gasteiger partial charge on any atom is -1.00 e. The van der Waals surface area contributed by atoms with Crippen LogP contribution in [0.25, 0.3) is 16.5 Å². The molecule has 0 heterocycles. The van der Waals surface area contributed by atoms with E-state index in [0.717, 1.165) is 28.8 Å². The average Bonchev–Trinajstić information content (AvgIpc) is 3.25. The van der Waals surface area contributed by atoms with Gasteiger partial charge in [-0.15, -0.1) is 29.7 Å². The van der Waals surface area contributed by atoms with Gasteiger partial charge in [0.2, 0.25) is 0 Å². The maximum Gasteiger partial charge on any atom is 4.00 e. The number of fused-ring (bicyclic) bond motifs is 1. The second kappa shape index (κ2) is 21.0. The third-order valence-corrected chi connectivity index (χ3v) is 5.64. The van der Waals surface area contributed by atoms with Crippen LogP contribution in [0.4, 0.5) is 0 Å². The molecule has 0 aliphatic carbocycles. The Bertz CT molecular complexity index is 913. The second-order valence-electron chi connectivity index (χ2n) is 6.89. The summed E-state index contributed by atoms with van der Waals surface area (Å²) in [4.78, 5) is 9.99. The molecular weight excluding hydrogens is 545 g/mol. The topological polar surface area (TPSA) is 40.9 Å². The number of carbonyl (C=O) groups is 1. The third kappa shape index (κ3) is 15.0. The predicted molar refractivity (Wildman–Crippen MR) is 131 cm³/mol. The van der Waals surface area contributed by atoms with Crippen LogP contribution in [0.5, 0.6) is 0 Å². The van der Waals surface area contributed by atoms with Gasteiger partial charge in [-0.25, -0.2) is 0 Å². The van der Waals surface area contributed by atoms with Gasteiger partial charge in [-0.2, -0.15) is 17.5 Å². The Morgan fingerprint density at radius 3 is 1.79 bits per heavy atom. The maximum atomic E-state index is 9.99. The SMILES string of the molecule is CCCCCC([NH-])=O.[Cl-].[Cl-].[Zr+4].c1ccc([Si]c2ccccc2)cc1.c1ccc2[cH-]ccc2c1. The molecule has 0 aromatic heterocycles. The van der Waals surface area contributed by atoms with E-state index in [1.807, 2.05) is 0 Å². The molecule has 4 aromatic carbocycles. The molecule has 2 nitrogen and oxygen atoms in total. The average molecular weight is 574 g/mol. The van der Waals surface area contributed by atoms with E-state index in [4.69, 9.17) is 5.73 Å². The van der Waals surface area contributed by atoms with Gasteiger partial charge in [0, 0.05) is 5.91 Å². The molecule has 0 bridgehead atoms. The molecule has 0 unspecified atom stereocenters. The number of amides is 1. The van der Waals surface area contributed by atoms with E-state index in [0.29, 0.717) is 6.42 Å². The molecule has 0 saturated heterocycles. The zero-order chi connectivity index (χ0) is 21.4. The fraction of sp³-hybridized carbons (Fsp3) is 0.185. The van der Waals surface area contributed by atoms with Crippen LogP contribution in [0.1, 0.15) is 32.6 Å². The molecular formula is C27H29Cl2NOSiZr. The Balaban J connectivity index is 0. The van der Waals surface area contributed by atoms with Crippen LogP contribution in [0, 0.1) is 0 Å². The summed E-state index contributed by atoms with van der Waals surface area (Å²) in [5, 5.41) is 5.46. The van der Waals surface area contributed by atoms with Crippen LogP contribution in [0.15, 0.2) is 103 Å². The van der Waals surface area contributed by atoms with Crippen LogP contribution < -0.4 is 35.2 Å². The van der Waals surface area contributed by atoms with E-state index < -0.39 is 5.91 Å². The monoisotopic (exact) mass is 571 g/mol. The molecule has 6 heteroatoms. The molecule has 0 fully saturated rings. The summed E-state index contributed by atoms with van der Waals surface area (Å²) in [7, 11) is 0.777. The zero-order valence-electron chi connectivity index (χ0n) is 18.8. The van der Waals surface area contributed by atoms with Crippen molar-refractivity contribution in [3.63, 3.8) is 0 Å². The van der Waals surface area contributed by atoms with Gasteiger partial charge in [0.1, 0.15) is 9.52 Å². The molecule has 2 radical (unpaired) electrons. The maximum absolute atomic E-state index is 9.99. The smallest absolute Gasteiger partial charge is 1.00 e. The van der Waals surface area contributed by atoms with Gasteiger partial charge in [0.15, 0.2) is 0 Å². The van der Waals surface area contributed by atoms with Crippen LogP contribution in [-0.2, 0) is 31.0 Å². The molecule has 33 heavy (non-hydrogen) atoms. The van der Waals surface area contributed by atoms with Crippen LogP contribution in [-0.4, -0.2) is 15.4 Å². The second-order valence-corrected chi connectivity index (χ2v) is 8.30. The number of benzene rings is 3. The van der Waals surface area contributed by atoms with Gasteiger partial charge in [-0.05, 0) is 12.8 Å². The van der Waals surface area contributed by atoms with Gasteiger partial charge in [-0.3, -0.25) is 0 Å². The predicted octanol–water partition coefficient (Wildman–Crippen LogP) is 0.0513. The number of nitrogens with one attached hydrogen (secondary N) is 1. The Labute approximate surface area is 232 Å². The first-order valence-corrected chi connectivity index (χ1v) is 11.4. The fourth-order valence-corrected chi connectivity index (χ4v) is 3.87. The molecule has 4 rings (SSSR count). The summed E-state index contributed by atoms with van der Waals surface area (Å²) in [6.07, 6.45) is 3.52. The largest absolute Gasteiger partial charge is 4.00 e. The summed E-state index contributed by atoms with van der Waals surface area (Å²) in [6.45, 7) is 2.08. The Morgan fingerprint density at radius 2 is 1.30 bits per heavy atom. The van der Waals surface area contributed by atoms with Gasteiger partial charge < -0.3 is 35.3 Å². The number of rotatable bonds is 6. The van der Waals surface area contributed by atoms with Crippen molar-refractivity contribution in [3.8, 4) is 0 Å². The van der Waals surface area contributed by atoms with Crippen molar-refractivity contribution in [2.45, 2.75) is 32.6 Å². The number of hydrogen-bond acceptors (Lipinski definition) is 1. The van der Waals surface area contributed by atoms with Gasteiger partial charge >= 0.3 is 26.2 Å². The number of halogens is 2. The van der Waals surface area contributed by atoms with Crippen LogP contribution in [0.2, 0.25) is 0 Å². The summed E-state index contributed by atoms with van der Waals surface area (Å²) < 4.78 is 0. The first kappa shape index (κ1) is 33.6. The molecule has 1 amide bonds. The number of carbonyl (C=O) groups excluding carboxylic acids is 1. The van der Waals surface area contributed by atoms with Crippen molar-refractivity contribution in [2.75, 3.05) is 0 Å². The number of hydrogen-bond donors (Lipinski definition) is 0. The van der Waals surface area contributed by atoms with E-state index in [9.17, 15) is 4.79 Å². The van der Waals surface area contributed by atoms with Crippen LogP contribution >= 0.6 is 0 Å². The minimum absolute atomic E-state index is 0. The normalized spacial score (nSPS) is 8.88. The minimum atomic E-state index is -0.432. The van der Waals surface area contributed by atoms with Crippen LogP contribution in [0.3, 0.4) is 0 Å². The molecule has 4 aromatic rings. The number of unbranched alkanes of at least 4 members (excludes halogenated alkanes) is 2. The summed E-state index contributed by atoms with van der Waals surface area (Å²) in [5.74, 6) is -0.432. The molecule has 170 valence electrons. The molecule has 1 N–H and O–H groups in total. The van der Waals surface area contributed by atoms with E-state index >= 15 is 0 Å². The van der Waals surface area contributed by atoms with Gasteiger partial charge in [0.25, 0.3) is 0 Å². The Morgan fingerprint density at radius 1 is 0.788 bits per heavy atom. The molecule has 0 spiro atoms. The van der Waals surface area contributed by atoms with Crippen molar-refractivity contribution >= 4 is 36.6 Å². The van der Waals surface area contributed by atoms with E-state index in [1.165, 1.54) is 21.1 Å². The molecule has 0 saturated carbocycles. The van der Waals surface area contributed by atoms with Crippen molar-refractivity contribution < 1.29 is 55.8 Å². The first-order valence-electron chi connectivity index (χ1n) is 10.4. The first-order chi connectivity index (χ1) is 14.7. The zero-order valence-corrected chi connectivity index (χ0v) is 23.8. The van der Waals surface area contributed by atoms with Gasteiger partial charge in [0.05, 0.1) is 0 Å². The van der Waals surface area contributed by atoms with Crippen molar-refractivity contribution in [1.82, 2.24) is 0 Å². The Kier molecular flexibility index (Phi) is 21.4. The summed E-state index contributed by atoms with van der Waals surface area (Å²) >= 11 is 0. The van der Waals surface area contributed by atoms with E-state index in [1.54, 1.807) is 0 Å². The van der Waals surface area contributed by atoms with Gasteiger partial charge in [-0.1, -0.05) is 96.9 Å². The molecule has 0 atom stereocenters. The fourth-order valence-electron chi connectivity index (χ4n) is 2.82.